The summed E-state index contributed by atoms with van der Waals surface area (Å²) >= 11 is 0. The minimum Gasteiger partial charge on any atom is -0.424 e. The lowest BCUT2D eigenvalue weighted by molar-refractivity contribution is -0.166. The van der Waals surface area contributed by atoms with E-state index < -0.39 is 23.9 Å². The van der Waals surface area contributed by atoms with E-state index in [2.05, 4.69) is 5.32 Å². The van der Waals surface area contributed by atoms with Crippen LogP contribution in [0.4, 0.5) is 4.79 Å². The highest BCUT2D eigenvalue weighted by Crippen LogP contribution is 2.31. The smallest absolute Gasteiger partial charge is 0.413 e. The lowest BCUT2D eigenvalue weighted by atomic mass is 9.88. The second-order valence-electron chi connectivity index (χ2n) is 5.90. The van der Waals surface area contributed by atoms with Gasteiger partial charge in [-0.05, 0) is 18.9 Å². The Kier molecular flexibility index (Phi) is 7.42. The van der Waals surface area contributed by atoms with Gasteiger partial charge in [0.15, 0.2) is 0 Å². The van der Waals surface area contributed by atoms with Crippen molar-refractivity contribution in [3.8, 4) is 0 Å². The molecule has 2 atom stereocenters. The Balaban J connectivity index is 2.68. The number of nitrogens with zero attached hydrogens (tertiary/aromatic N) is 1. The number of rotatable bonds is 7. The van der Waals surface area contributed by atoms with Crippen molar-refractivity contribution < 1.29 is 23.9 Å². The molecule has 0 spiro atoms. The molecule has 0 fully saturated rings. The van der Waals surface area contributed by atoms with Crippen LogP contribution in [0.2, 0.25) is 0 Å². The van der Waals surface area contributed by atoms with E-state index in [4.69, 9.17) is 9.47 Å². The zero-order chi connectivity index (χ0) is 19.0. The second-order valence-corrected chi connectivity index (χ2v) is 5.90. The third kappa shape index (κ3) is 5.77. The predicted octanol–water partition coefficient (Wildman–Crippen LogP) is 2.41. The Morgan fingerprint density at radius 3 is 2.32 bits per heavy atom. The molecule has 0 heterocycles. The fourth-order valence-corrected chi connectivity index (χ4v) is 2.30. The molecule has 1 N–H and O–H groups in total. The van der Waals surface area contributed by atoms with Crippen LogP contribution in [0.15, 0.2) is 30.3 Å². The molecule has 7 nitrogen and oxygen atoms in total. The molecule has 0 aromatic heterocycles. The number of carbonyl (C=O) groups is 3. The van der Waals surface area contributed by atoms with E-state index in [1.54, 1.807) is 7.05 Å². The molecule has 0 saturated carbocycles. The van der Waals surface area contributed by atoms with Gasteiger partial charge in [-0.25, -0.2) is 4.79 Å². The molecule has 1 aromatic rings. The summed E-state index contributed by atoms with van der Waals surface area (Å²) in [4.78, 5) is 36.2. The maximum atomic E-state index is 12.4. The van der Waals surface area contributed by atoms with Gasteiger partial charge in [0.25, 0.3) is 0 Å². The number of benzene rings is 1. The molecular weight excluding hydrogens is 324 g/mol. The first kappa shape index (κ1) is 20.5. The number of carbonyl (C=O) groups excluding carboxylic acids is 3. The van der Waals surface area contributed by atoms with Crippen LogP contribution in [0, 0.1) is 0 Å². The van der Waals surface area contributed by atoms with Crippen LogP contribution in [-0.2, 0) is 24.6 Å². The molecule has 7 heteroatoms. The summed E-state index contributed by atoms with van der Waals surface area (Å²) in [6.07, 6.45) is -0.986. The summed E-state index contributed by atoms with van der Waals surface area (Å²) in [5, 5.41) is 2.32. The number of esters is 1. The zero-order valence-electron chi connectivity index (χ0n) is 15.4. The summed E-state index contributed by atoms with van der Waals surface area (Å²) in [6, 6.07) is 9.63. The van der Waals surface area contributed by atoms with Crippen molar-refractivity contribution in [2.75, 3.05) is 13.6 Å². The maximum Gasteiger partial charge on any atom is 0.413 e. The molecule has 0 saturated heterocycles. The molecular formula is C18H26N2O5. The number of amides is 2. The Bertz CT molecular complexity index is 605. The largest absolute Gasteiger partial charge is 0.424 e. The first-order valence-electron chi connectivity index (χ1n) is 8.14. The first-order chi connectivity index (χ1) is 11.7. The van der Waals surface area contributed by atoms with Crippen molar-refractivity contribution >= 4 is 18.0 Å². The van der Waals surface area contributed by atoms with Crippen molar-refractivity contribution in [3.63, 3.8) is 0 Å². The summed E-state index contributed by atoms with van der Waals surface area (Å²) in [5.74, 6) is -1.03. The molecule has 25 heavy (non-hydrogen) atoms. The van der Waals surface area contributed by atoms with Gasteiger partial charge in [-0.2, -0.15) is 0 Å². The van der Waals surface area contributed by atoms with Crippen molar-refractivity contribution in [3.05, 3.63) is 35.9 Å². The van der Waals surface area contributed by atoms with Crippen LogP contribution in [0.5, 0.6) is 0 Å². The molecule has 138 valence electrons. The van der Waals surface area contributed by atoms with Gasteiger partial charge < -0.3 is 19.7 Å². The van der Waals surface area contributed by atoms with Gasteiger partial charge in [0.1, 0.15) is 6.54 Å². The summed E-state index contributed by atoms with van der Waals surface area (Å²) in [5.41, 5.74) is 0.422. The molecule has 2 unspecified atom stereocenters. The van der Waals surface area contributed by atoms with Crippen molar-refractivity contribution in [1.82, 2.24) is 10.2 Å². The standard InChI is InChI=1S/C18H26N2O5/c1-6-18(4,15-10-8-7-9-11-15)20(5)17(23)25-14(3)24-16(22)12-19-13(2)21/h7-11,14H,6,12H2,1-5H3,(H,19,21). The topological polar surface area (TPSA) is 84.9 Å². The fourth-order valence-electron chi connectivity index (χ4n) is 2.30. The highest BCUT2D eigenvalue weighted by molar-refractivity contribution is 5.80. The summed E-state index contributed by atoms with van der Waals surface area (Å²) in [6.45, 7) is 6.39. The van der Waals surface area contributed by atoms with Gasteiger partial charge in [0.05, 0.1) is 5.54 Å². The molecule has 2 amide bonds. The zero-order valence-corrected chi connectivity index (χ0v) is 15.4. The van der Waals surface area contributed by atoms with Crippen LogP contribution in [0.1, 0.15) is 39.7 Å². The van der Waals surface area contributed by atoms with Crippen LogP contribution < -0.4 is 5.32 Å². The molecule has 0 bridgehead atoms. The van der Waals surface area contributed by atoms with E-state index in [0.29, 0.717) is 6.42 Å². The van der Waals surface area contributed by atoms with Gasteiger partial charge in [0.2, 0.25) is 12.2 Å². The average molecular weight is 350 g/mol. The first-order valence-corrected chi connectivity index (χ1v) is 8.14. The molecule has 0 aliphatic rings. The van der Waals surface area contributed by atoms with E-state index in [9.17, 15) is 14.4 Å². The van der Waals surface area contributed by atoms with E-state index in [0.717, 1.165) is 5.56 Å². The minimum absolute atomic E-state index is 0.274. The number of hydrogen-bond acceptors (Lipinski definition) is 5. The quantitative estimate of drug-likeness (QED) is 0.603. The number of ether oxygens (including phenoxy) is 2. The number of hydrogen-bond donors (Lipinski definition) is 1. The summed E-state index contributed by atoms with van der Waals surface area (Å²) in [7, 11) is 1.64. The van der Waals surface area contributed by atoms with Gasteiger partial charge in [-0.15, -0.1) is 0 Å². The average Bonchev–Trinajstić information content (AvgIpc) is 2.59. The Hall–Kier alpha value is -2.57. The SMILES string of the molecule is CCC(C)(c1ccccc1)N(C)C(=O)OC(C)OC(=O)CNC(C)=O. The fraction of sp³-hybridized carbons (Fsp3) is 0.500. The molecule has 1 aromatic carbocycles. The Morgan fingerprint density at radius 2 is 1.80 bits per heavy atom. The Morgan fingerprint density at radius 1 is 1.20 bits per heavy atom. The normalized spacial score (nSPS) is 14.0. The predicted molar refractivity (Wildman–Crippen MR) is 92.6 cm³/mol. The molecule has 0 radical (unpaired) electrons. The van der Waals surface area contributed by atoms with Crippen molar-refractivity contribution in [2.24, 2.45) is 0 Å². The van der Waals surface area contributed by atoms with Gasteiger partial charge in [0, 0.05) is 20.9 Å². The van der Waals surface area contributed by atoms with Gasteiger partial charge in [-0.1, -0.05) is 37.3 Å². The lowest BCUT2D eigenvalue weighted by Crippen LogP contribution is -2.46. The van der Waals surface area contributed by atoms with Crippen LogP contribution in [0.3, 0.4) is 0 Å². The van der Waals surface area contributed by atoms with E-state index in [1.807, 2.05) is 44.2 Å². The molecule has 0 aliphatic heterocycles. The van der Waals surface area contributed by atoms with Gasteiger partial charge in [-0.3, -0.25) is 9.59 Å². The van der Waals surface area contributed by atoms with Crippen LogP contribution in [-0.4, -0.2) is 42.8 Å². The van der Waals surface area contributed by atoms with Crippen molar-refractivity contribution in [2.45, 2.75) is 45.9 Å². The monoisotopic (exact) mass is 350 g/mol. The number of nitrogens with one attached hydrogen (secondary N) is 1. The van der Waals surface area contributed by atoms with E-state index in [1.165, 1.54) is 18.7 Å². The maximum absolute atomic E-state index is 12.4. The van der Waals surface area contributed by atoms with E-state index in [-0.39, 0.29) is 12.5 Å². The van der Waals surface area contributed by atoms with Crippen LogP contribution >= 0.6 is 0 Å². The second kappa shape index (κ2) is 9.05. The Labute approximate surface area is 148 Å². The third-order valence-electron chi connectivity index (χ3n) is 4.14. The lowest BCUT2D eigenvalue weighted by Gasteiger charge is -2.38. The summed E-state index contributed by atoms with van der Waals surface area (Å²) < 4.78 is 10.1. The highest BCUT2D eigenvalue weighted by Gasteiger charge is 2.34. The third-order valence-corrected chi connectivity index (χ3v) is 4.14. The molecule has 0 aliphatic carbocycles. The van der Waals surface area contributed by atoms with E-state index >= 15 is 0 Å². The van der Waals surface area contributed by atoms with Gasteiger partial charge >= 0.3 is 12.1 Å². The molecule has 1 rings (SSSR count). The van der Waals surface area contributed by atoms with Crippen LogP contribution in [0.25, 0.3) is 0 Å². The minimum atomic E-state index is -1.06. The highest BCUT2D eigenvalue weighted by atomic mass is 16.7. The van der Waals surface area contributed by atoms with Crippen molar-refractivity contribution in [1.29, 1.82) is 0 Å².